The van der Waals surface area contributed by atoms with Crippen LogP contribution in [0.4, 0.5) is 11.5 Å². The number of fused-ring (bicyclic) bond motifs is 1. The van der Waals surface area contributed by atoms with Crippen molar-refractivity contribution in [1.82, 2.24) is 4.98 Å². The zero-order valence-corrected chi connectivity index (χ0v) is 16.5. The Morgan fingerprint density at radius 1 is 0.935 bits per heavy atom. The second kappa shape index (κ2) is 9.04. The van der Waals surface area contributed by atoms with E-state index in [9.17, 15) is 14.9 Å². The number of benzene rings is 3. The van der Waals surface area contributed by atoms with Gasteiger partial charge in [-0.2, -0.15) is 0 Å². The molecule has 4 aromatic rings. The number of carbonyl (C=O) groups is 1. The Balaban J connectivity index is 1.61. The van der Waals surface area contributed by atoms with Gasteiger partial charge in [-0.05, 0) is 34.5 Å². The average Bonchev–Trinajstić information content (AvgIpc) is 2.81. The number of carbonyl (C=O) groups excluding carboxylic acids is 1. The van der Waals surface area contributed by atoms with Crippen LogP contribution in [0, 0.1) is 10.1 Å². The standard InChI is InChI=1S/C24H19N3O4/c28-24(17-31-22-13-4-3-12-21(22)27(29)30)26(23-14-5-6-15-25-23)16-19-10-7-9-18-8-1-2-11-20(18)19/h1-15H,16-17H2. The van der Waals surface area contributed by atoms with E-state index in [-0.39, 0.29) is 30.5 Å². The summed E-state index contributed by atoms with van der Waals surface area (Å²) < 4.78 is 5.53. The van der Waals surface area contributed by atoms with Crippen LogP contribution in [0.3, 0.4) is 0 Å². The van der Waals surface area contributed by atoms with Crippen LogP contribution < -0.4 is 9.64 Å². The highest BCUT2D eigenvalue weighted by atomic mass is 16.6. The fourth-order valence-corrected chi connectivity index (χ4v) is 3.36. The van der Waals surface area contributed by atoms with Crippen molar-refractivity contribution in [2.45, 2.75) is 6.54 Å². The molecule has 0 aliphatic heterocycles. The lowest BCUT2D eigenvalue weighted by atomic mass is 10.0. The second-order valence-electron chi connectivity index (χ2n) is 6.82. The van der Waals surface area contributed by atoms with Crippen molar-refractivity contribution < 1.29 is 14.5 Å². The Morgan fingerprint density at radius 3 is 2.48 bits per heavy atom. The van der Waals surface area contributed by atoms with E-state index >= 15 is 0 Å². The van der Waals surface area contributed by atoms with Gasteiger partial charge in [0.2, 0.25) is 0 Å². The van der Waals surface area contributed by atoms with Gasteiger partial charge in [-0.25, -0.2) is 4.98 Å². The molecule has 0 radical (unpaired) electrons. The molecule has 154 valence electrons. The van der Waals surface area contributed by atoms with Crippen molar-refractivity contribution >= 4 is 28.2 Å². The largest absolute Gasteiger partial charge is 0.477 e. The summed E-state index contributed by atoms with van der Waals surface area (Å²) in [7, 11) is 0. The highest BCUT2D eigenvalue weighted by Crippen LogP contribution is 2.26. The van der Waals surface area contributed by atoms with Crippen molar-refractivity contribution in [1.29, 1.82) is 0 Å². The van der Waals surface area contributed by atoms with Gasteiger partial charge in [-0.3, -0.25) is 19.8 Å². The van der Waals surface area contributed by atoms with E-state index in [1.807, 2.05) is 42.5 Å². The number of para-hydroxylation sites is 2. The lowest BCUT2D eigenvalue weighted by Gasteiger charge is -2.22. The van der Waals surface area contributed by atoms with Gasteiger partial charge in [-0.1, -0.05) is 60.7 Å². The summed E-state index contributed by atoms with van der Waals surface area (Å²) in [4.78, 5) is 29.6. The van der Waals surface area contributed by atoms with Crippen LogP contribution in [0.1, 0.15) is 5.56 Å². The SMILES string of the molecule is O=C(COc1ccccc1[N+](=O)[O-])N(Cc1cccc2ccccc12)c1ccccn1. The Hall–Kier alpha value is -4.26. The minimum absolute atomic E-state index is 0.0481. The zero-order chi connectivity index (χ0) is 21.6. The number of anilines is 1. The number of hydrogen-bond acceptors (Lipinski definition) is 5. The molecule has 0 spiro atoms. The minimum Gasteiger partial charge on any atom is -0.477 e. The quantitative estimate of drug-likeness (QED) is 0.322. The molecule has 1 aromatic heterocycles. The number of amides is 1. The summed E-state index contributed by atoms with van der Waals surface area (Å²) in [5.74, 6) is 0.170. The first kappa shape index (κ1) is 20.0. The molecule has 0 fully saturated rings. The predicted octanol–water partition coefficient (Wildman–Crippen LogP) is 4.76. The topological polar surface area (TPSA) is 85.6 Å². The van der Waals surface area contributed by atoms with Gasteiger partial charge >= 0.3 is 5.69 Å². The van der Waals surface area contributed by atoms with Crippen LogP contribution in [0.5, 0.6) is 5.75 Å². The van der Waals surface area contributed by atoms with Crippen molar-refractivity contribution in [3.63, 3.8) is 0 Å². The maximum absolute atomic E-state index is 13.1. The number of nitro benzene ring substituents is 1. The monoisotopic (exact) mass is 413 g/mol. The van der Waals surface area contributed by atoms with Gasteiger partial charge in [0.1, 0.15) is 5.82 Å². The van der Waals surface area contributed by atoms with Gasteiger partial charge in [0.15, 0.2) is 12.4 Å². The number of pyridine rings is 1. The Bertz CT molecular complexity index is 1220. The minimum atomic E-state index is -0.535. The molecule has 0 unspecified atom stereocenters. The Morgan fingerprint density at radius 2 is 1.68 bits per heavy atom. The molecular formula is C24H19N3O4. The summed E-state index contributed by atoms with van der Waals surface area (Å²) in [6.07, 6.45) is 1.61. The van der Waals surface area contributed by atoms with E-state index in [1.54, 1.807) is 36.5 Å². The van der Waals surface area contributed by atoms with Crippen LogP contribution in [-0.4, -0.2) is 22.4 Å². The molecule has 0 bridgehead atoms. The molecule has 31 heavy (non-hydrogen) atoms. The number of aromatic nitrogens is 1. The highest BCUT2D eigenvalue weighted by molar-refractivity contribution is 5.94. The molecule has 0 N–H and O–H groups in total. The maximum Gasteiger partial charge on any atom is 0.310 e. The molecule has 3 aromatic carbocycles. The van der Waals surface area contributed by atoms with Crippen LogP contribution in [-0.2, 0) is 11.3 Å². The lowest BCUT2D eigenvalue weighted by molar-refractivity contribution is -0.385. The van der Waals surface area contributed by atoms with Crippen molar-refractivity contribution in [3.8, 4) is 5.75 Å². The number of hydrogen-bond donors (Lipinski definition) is 0. The highest BCUT2D eigenvalue weighted by Gasteiger charge is 2.21. The van der Waals surface area contributed by atoms with Gasteiger partial charge in [-0.15, -0.1) is 0 Å². The van der Waals surface area contributed by atoms with E-state index in [4.69, 9.17) is 4.74 Å². The average molecular weight is 413 g/mol. The number of nitro groups is 1. The van der Waals surface area contributed by atoms with Crippen molar-refractivity contribution in [3.05, 3.63) is 107 Å². The molecule has 0 saturated heterocycles. The van der Waals surface area contributed by atoms with E-state index in [0.717, 1.165) is 16.3 Å². The van der Waals surface area contributed by atoms with Crippen LogP contribution in [0.15, 0.2) is 91.1 Å². The molecule has 1 amide bonds. The van der Waals surface area contributed by atoms with E-state index in [1.165, 1.54) is 17.0 Å². The van der Waals surface area contributed by atoms with Crippen LogP contribution in [0.2, 0.25) is 0 Å². The first-order valence-electron chi connectivity index (χ1n) is 9.68. The fraction of sp³-hybridized carbons (Fsp3) is 0.0833. The lowest BCUT2D eigenvalue weighted by Crippen LogP contribution is -2.35. The molecule has 0 aliphatic carbocycles. The van der Waals surface area contributed by atoms with Crippen molar-refractivity contribution in [2.24, 2.45) is 0 Å². The normalized spacial score (nSPS) is 10.6. The molecule has 0 aliphatic rings. The van der Waals surface area contributed by atoms with Crippen LogP contribution in [0.25, 0.3) is 10.8 Å². The van der Waals surface area contributed by atoms with Crippen molar-refractivity contribution in [2.75, 3.05) is 11.5 Å². The van der Waals surface area contributed by atoms with Gasteiger partial charge < -0.3 is 4.74 Å². The molecule has 1 heterocycles. The maximum atomic E-state index is 13.1. The number of rotatable bonds is 7. The van der Waals surface area contributed by atoms with Gasteiger partial charge in [0, 0.05) is 12.3 Å². The predicted molar refractivity (Wildman–Crippen MR) is 118 cm³/mol. The smallest absolute Gasteiger partial charge is 0.310 e. The Kier molecular flexibility index (Phi) is 5.84. The Labute approximate surface area is 178 Å². The molecular weight excluding hydrogens is 394 g/mol. The second-order valence-corrected chi connectivity index (χ2v) is 6.82. The van der Waals surface area contributed by atoms with E-state index in [2.05, 4.69) is 4.98 Å². The van der Waals surface area contributed by atoms with Gasteiger partial charge in [0.25, 0.3) is 5.91 Å². The molecule has 4 rings (SSSR count). The molecule has 0 saturated carbocycles. The molecule has 7 nitrogen and oxygen atoms in total. The first-order chi connectivity index (χ1) is 15.1. The summed E-state index contributed by atoms with van der Waals surface area (Å²) in [5.41, 5.74) is 0.775. The summed E-state index contributed by atoms with van der Waals surface area (Å²) in [6.45, 7) is -0.0658. The zero-order valence-electron chi connectivity index (χ0n) is 16.5. The third kappa shape index (κ3) is 4.51. The third-order valence-corrected chi connectivity index (χ3v) is 4.85. The van der Waals surface area contributed by atoms with E-state index in [0.29, 0.717) is 5.82 Å². The van der Waals surface area contributed by atoms with E-state index < -0.39 is 4.92 Å². The van der Waals surface area contributed by atoms with Crippen LogP contribution >= 0.6 is 0 Å². The number of ether oxygens (including phenoxy) is 1. The molecule has 7 heteroatoms. The van der Waals surface area contributed by atoms with Gasteiger partial charge in [0.05, 0.1) is 11.5 Å². The first-order valence-corrected chi connectivity index (χ1v) is 9.68. The fourth-order valence-electron chi connectivity index (χ4n) is 3.36. The summed E-state index contributed by atoms with van der Waals surface area (Å²) in [5, 5.41) is 13.3. The third-order valence-electron chi connectivity index (χ3n) is 4.85. The molecule has 0 atom stereocenters. The summed E-state index contributed by atoms with van der Waals surface area (Å²) >= 11 is 0. The number of nitrogens with zero attached hydrogens (tertiary/aromatic N) is 3. The summed E-state index contributed by atoms with van der Waals surface area (Å²) in [6, 6.07) is 25.2.